The van der Waals surface area contributed by atoms with Crippen LogP contribution in [0.2, 0.25) is 0 Å². The van der Waals surface area contributed by atoms with Gasteiger partial charge in [0.1, 0.15) is 23.7 Å². The standard InChI is InChI=1S/C36H31F5N6O5/c1-3-51-21-12-8-18(9-13-21)16-20-6-5-7-23-30(20)43-47(32(23)19-10-14-22(15-11-19)52-4-2)24(48)17-45-34-31(42-44-45)35(49)46(36(34)50)33-28(40)26(38)25(37)27(39)29(33)41/h8-16,23,31-32,34H,3-7,17H2,1-2H3. The average molecular weight is 723 g/mol. The van der Waals surface area contributed by atoms with Crippen LogP contribution in [0, 0.1) is 35.0 Å². The molecule has 2 fully saturated rings. The maximum absolute atomic E-state index is 14.7. The fraction of sp³-hybridized carbons (Fsp3) is 0.333. The first-order chi connectivity index (χ1) is 25.0. The molecule has 7 rings (SSSR count). The van der Waals surface area contributed by atoms with Crippen molar-refractivity contribution in [2.24, 2.45) is 21.4 Å². The molecule has 0 bridgehead atoms. The third-order valence-corrected chi connectivity index (χ3v) is 9.39. The Bertz CT molecular complexity index is 2010. The van der Waals surface area contributed by atoms with Crippen LogP contribution in [0.4, 0.5) is 27.6 Å². The van der Waals surface area contributed by atoms with Crippen molar-refractivity contribution in [2.75, 3.05) is 24.7 Å². The van der Waals surface area contributed by atoms with E-state index in [0.717, 1.165) is 33.9 Å². The zero-order chi connectivity index (χ0) is 36.8. The first-order valence-corrected chi connectivity index (χ1v) is 16.7. The smallest absolute Gasteiger partial charge is 0.264 e. The minimum absolute atomic E-state index is 0.132. The van der Waals surface area contributed by atoms with Gasteiger partial charge in [0.05, 0.1) is 25.0 Å². The van der Waals surface area contributed by atoms with Crippen LogP contribution >= 0.6 is 0 Å². The highest BCUT2D eigenvalue weighted by Gasteiger charge is 2.57. The fourth-order valence-electron chi connectivity index (χ4n) is 7.07. The van der Waals surface area contributed by atoms with E-state index in [4.69, 9.17) is 14.6 Å². The second-order valence-corrected chi connectivity index (χ2v) is 12.5. The number of fused-ring (bicyclic) bond motifs is 2. The zero-order valence-corrected chi connectivity index (χ0v) is 27.9. The molecule has 3 amide bonds. The molecule has 1 saturated carbocycles. The monoisotopic (exact) mass is 722 g/mol. The van der Waals surface area contributed by atoms with Crippen molar-refractivity contribution in [2.45, 2.75) is 51.2 Å². The molecule has 3 aromatic carbocycles. The molecule has 1 aliphatic carbocycles. The summed E-state index contributed by atoms with van der Waals surface area (Å²) in [5.74, 6) is -14.0. The van der Waals surface area contributed by atoms with Crippen LogP contribution in [-0.4, -0.2) is 65.3 Å². The van der Waals surface area contributed by atoms with Gasteiger partial charge in [-0.25, -0.2) is 31.9 Å². The summed E-state index contributed by atoms with van der Waals surface area (Å²) in [6.45, 7) is 4.10. The summed E-state index contributed by atoms with van der Waals surface area (Å²) in [4.78, 5) is 40.6. The molecule has 270 valence electrons. The van der Waals surface area contributed by atoms with Crippen LogP contribution in [0.15, 0.2) is 69.5 Å². The number of ether oxygens (including phenoxy) is 2. The highest BCUT2D eigenvalue weighted by atomic mass is 19.2. The summed E-state index contributed by atoms with van der Waals surface area (Å²) in [6.07, 6.45) is 4.24. The number of anilines is 1. The second-order valence-electron chi connectivity index (χ2n) is 12.5. The molecule has 52 heavy (non-hydrogen) atoms. The van der Waals surface area contributed by atoms with Crippen molar-refractivity contribution in [1.82, 2.24) is 10.0 Å². The van der Waals surface area contributed by atoms with Gasteiger partial charge in [-0.3, -0.25) is 19.4 Å². The number of rotatable bonds is 9. The van der Waals surface area contributed by atoms with Gasteiger partial charge in [0, 0.05) is 5.92 Å². The average Bonchev–Trinajstić information content (AvgIpc) is 3.81. The van der Waals surface area contributed by atoms with Gasteiger partial charge in [-0.1, -0.05) is 29.5 Å². The fourth-order valence-corrected chi connectivity index (χ4v) is 7.07. The van der Waals surface area contributed by atoms with E-state index >= 15 is 0 Å². The van der Waals surface area contributed by atoms with Crippen molar-refractivity contribution in [3.63, 3.8) is 0 Å². The van der Waals surface area contributed by atoms with Crippen LogP contribution in [0.5, 0.6) is 11.5 Å². The van der Waals surface area contributed by atoms with Crippen molar-refractivity contribution in [1.29, 1.82) is 0 Å². The van der Waals surface area contributed by atoms with E-state index in [0.29, 0.717) is 37.5 Å². The van der Waals surface area contributed by atoms with Gasteiger partial charge in [0.2, 0.25) is 5.82 Å². The highest BCUT2D eigenvalue weighted by molar-refractivity contribution is 6.25. The van der Waals surface area contributed by atoms with Gasteiger partial charge in [-0.2, -0.15) is 10.2 Å². The lowest BCUT2D eigenvalue weighted by Gasteiger charge is -2.30. The van der Waals surface area contributed by atoms with Gasteiger partial charge in [-0.15, -0.1) is 0 Å². The molecule has 11 nitrogen and oxygen atoms in total. The molecular weight excluding hydrogens is 691 g/mol. The van der Waals surface area contributed by atoms with E-state index in [1.54, 1.807) is 12.1 Å². The molecule has 3 aromatic rings. The Morgan fingerprint density at radius 2 is 1.42 bits per heavy atom. The summed E-state index contributed by atoms with van der Waals surface area (Å²) < 4.78 is 82.4. The van der Waals surface area contributed by atoms with Crippen LogP contribution in [0.25, 0.3) is 6.08 Å². The second kappa shape index (κ2) is 13.8. The van der Waals surface area contributed by atoms with E-state index in [1.807, 2.05) is 56.3 Å². The normalized spacial score (nSPS) is 23.0. The van der Waals surface area contributed by atoms with Gasteiger partial charge < -0.3 is 9.47 Å². The Kier molecular flexibility index (Phi) is 9.23. The van der Waals surface area contributed by atoms with Crippen LogP contribution in [0.1, 0.15) is 50.3 Å². The van der Waals surface area contributed by atoms with Gasteiger partial charge in [0.15, 0.2) is 35.4 Å². The van der Waals surface area contributed by atoms with Crippen molar-refractivity contribution in [3.05, 3.63) is 94.3 Å². The summed E-state index contributed by atoms with van der Waals surface area (Å²) >= 11 is 0. The van der Waals surface area contributed by atoms with Crippen molar-refractivity contribution in [3.8, 4) is 11.5 Å². The van der Waals surface area contributed by atoms with Crippen LogP contribution in [0.3, 0.4) is 0 Å². The Labute approximate surface area is 294 Å². The molecular formula is C36H31F5N6O5. The summed E-state index contributed by atoms with van der Waals surface area (Å²) in [6, 6.07) is 10.9. The van der Waals surface area contributed by atoms with E-state index in [-0.39, 0.29) is 10.8 Å². The number of halogens is 5. The number of nitrogens with zero attached hydrogens (tertiary/aromatic N) is 6. The largest absolute Gasteiger partial charge is 0.494 e. The van der Waals surface area contributed by atoms with E-state index in [2.05, 4.69) is 10.3 Å². The Morgan fingerprint density at radius 3 is 2.04 bits per heavy atom. The van der Waals surface area contributed by atoms with Gasteiger partial charge in [0.25, 0.3) is 17.7 Å². The van der Waals surface area contributed by atoms with E-state index in [1.165, 1.54) is 5.01 Å². The zero-order valence-electron chi connectivity index (χ0n) is 27.9. The summed E-state index contributed by atoms with van der Waals surface area (Å²) in [7, 11) is 0. The molecule has 4 unspecified atom stereocenters. The lowest BCUT2D eigenvalue weighted by Crippen LogP contribution is -2.45. The lowest BCUT2D eigenvalue weighted by atomic mass is 9.77. The molecule has 16 heteroatoms. The topological polar surface area (TPSA) is 116 Å². The molecule has 0 radical (unpaired) electrons. The molecule has 0 spiro atoms. The first-order valence-electron chi connectivity index (χ1n) is 16.7. The Morgan fingerprint density at radius 1 is 0.827 bits per heavy atom. The predicted molar refractivity (Wildman–Crippen MR) is 175 cm³/mol. The number of hydrogen-bond donors (Lipinski definition) is 0. The highest BCUT2D eigenvalue weighted by Crippen LogP contribution is 2.45. The molecule has 4 atom stereocenters. The summed E-state index contributed by atoms with van der Waals surface area (Å²) in [5, 5.41) is 14.6. The van der Waals surface area contributed by atoms with E-state index in [9.17, 15) is 36.3 Å². The number of carbonyl (C=O) groups is 3. The minimum atomic E-state index is -2.45. The van der Waals surface area contributed by atoms with E-state index < -0.39 is 77.2 Å². The predicted octanol–water partition coefficient (Wildman–Crippen LogP) is 6.30. The number of amides is 3. The van der Waals surface area contributed by atoms with Crippen molar-refractivity contribution < 1.29 is 45.8 Å². The number of allylic oxidation sites excluding steroid dienone is 1. The molecule has 0 aromatic heterocycles. The van der Waals surface area contributed by atoms with Gasteiger partial charge in [-0.05, 0) is 80.2 Å². The number of hydrazone groups is 1. The van der Waals surface area contributed by atoms with Crippen LogP contribution in [-0.2, 0) is 14.4 Å². The number of imide groups is 1. The third kappa shape index (κ3) is 5.84. The molecule has 3 aliphatic heterocycles. The Hall–Kier alpha value is -5.67. The first kappa shape index (κ1) is 34.8. The molecule has 1 saturated heterocycles. The minimum Gasteiger partial charge on any atom is -0.494 e. The molecule has 3 heterocycles. The quantitative estimate of drug-likeness (QED) is 0.111. The number of carbonyl (C=O) groups excluding carboxylic acids is 3. The van der Waals surface area contributed by atoms with Crippen LogP contribution < -0.4 is 14.4 Å². The third-order valence-electron chi connectivity index (χ3n) is 9.39. The maximum Gasteiger partial charge on any atom is 0.264 e. The van der Waals surface area contributed by atoms with Gasteiger partial charge >= 0.3 is 0 Å². The molecule has 0 N–H and O–H groups in total. The lowest BCUT2D eigenvalue weighted by molar-refractivity contribution is -0.136. The molecule has 4 aliphatic rings. The Balaban J connectivity index is 1.19. The maximum atomic E-state index is 14.7. The number of benzene rings is 3. The van der Waals surface area contributed by atoms with Crippen molar-refractivity contribution >= 4 is 35.2 Å². The SMILES string of the molecule is CCOc1ccc(C=C2CCCC3C2=NN(C(=O)CN2N=NC4C(=O)N(c5c(F)c(F)c(F)c(F)c5F)C(=O)C42)C3c2ccc(OCC)cc2)cc1. The summed E-state index contributed by atoms with van der Waals surface area (Å²) in [5.41, 5.74) is 1.59. The number of hydrogen-bond acceptors (Lipinski definition) is 9.